The van der Waals surface area contributed by atoms with Crippen molar-refractivity contribution in [1.82, 2.24) is 10.2 Å². The first-order valence-electron chi connectivity index (χ1n) is 12.6. The minimum absolute atomic E-state index is 0.0151. The van der Waals surface area contributed by atoms with Crippen molar-refractivity contribution in [3.05, 3.63) is 60.2 Å². The van der Waals surface area contributed by atoms with Crippen LogP contribution >= 0.6 is 0 Å². The van der Waals surface area contributed by atoms with Gasteiger partial charge in [0.15, 0.2) is 0 Å². The van der Waals surface area contributed by atoms with Crippen molar-refractivity contribution in [2.45, 2.75) is 51.3 Å². The predicted octanol–water partition coefficient (Wildman–Crippen LogP) is 0.993. The minimum Gasteiger partial charge on any atom is -0.491 e. The van der Waals surface area contributed by atoms with E-state index in [1.54, 1.807) is 24.3 Å². The second-order valence-electron chi connectivity index (χ2n) is 9.04. The molecule has 2 atom stereocenters. The van der Waals surface area contributed by atoms with Crippen LogP contribution in [0, 0.1) is 0 Å². The number of aryl methyl sites for hydroxylation is 1. The van der Waals surface area contributed by atoms with Gasteiger partial charge in [0.2, 0.25) is 17.7 Å². The summed E-state index contributed by atoms with van der Waals surface area (Å²) in [6.45, 7) is 5.04. The standard InChI is InChI=1S/C27H40N6O4/c1-19(2)37-22-10-6-9-21(17-22)31-27(36)24(12-11-20-7-4-3-5-8-20)32-26(35)23(30)18-25(34)33(15-13-28)16-14-29/h3-10,17,19,23-24H,11-16,18,28-30H2,1-2H3,(H,31,36)(H,32,35)/t23?,24-/m0/s1. The number of carbonyl (C=O) groups is 3. The second-order valence-corrected chi connectivity index (χ2v) is 9.04. The maximum atomic E-state index is 13.2. The number of anilines is 1. The van der Waals surface area contributed by atoms with E-state index in [0.717, 1.165) is 5.56 Å². The zero-order valence-corrected chi connectivity index (χ0v) is 21.7. The van der Waals surface area contributed by atoms with Crippen LogP contribution in [-0.2, 0) is 20.8 Å². The highest BCUT2D eigenvalue weighted by Gasteiger charge is 2.26. The quantitative estimate of drug-likeness (QED) is 0.237. The summed E-state index contributed by atoms with van der Waals surface area (Å²) in [5.41, 5.74) is 18.8. The zero-order valence-electron chi connectivity index (χ0n) is 21.7. The van der Waals surface area contributed by atoms with Gasteiger partial charge in [0.05, 0.1) is 18.6 Å². The first kappa shape index (κ1) is 29.8. The Hall–Kier alpha value is -3.47. The number of rotatable bonds is 15. The number of benzene rings is 2. The summed E-state index contributed by atoms with van der Waals surface area (Å²) in [5, 5.41) is 5.59. The fourth-order valence-corrected chi connectivity index (χ4v) is 3.73. The molecule has 0 bridgehead atoms. The summed E-state index contributed by atoms with van der Waals surface area (Å²) in [5.74, 6) is -0.667. The lowest BCUT2D eigenvalue weighted by molar-refractivity contribution is -0.134. The van der Waals surface area contributed by atoms with Crippen LogP contribution in [0.5, 0.6) is 5.75 Å². The van der Waals surface area contributed by atoms with E-state index in [9.17, 15) is 14.4 Å². The second kappa shape index (κ2) is 15.6. The molecule has 0 spiro atoms. The number of hydrogen-bond donors (Lipinski definition) is 5. The van der Waals surface area contributed by atoms with Crippen LogP contribution in [0.4, 0.5) is 5.69 Å². The summed E-state index contributed by atoms with van der Waals surface area (Å²) >= 11 is 0. The first-order valence-corrected chi connectivity index (χ1v) is 12.6. The van der Waals surface area contributed by atoms with Gasteiger partial charge in [0.25, 0.3) is 0 Å². The lowest BCUT2D eigenvalue weighted by atomic mass is 10.0. The van der Waals surface area contributed by atoms with E-state index < -0.39 is 23.9 Å². The number of ether oxygens (including phenoxy) is 1. The van der Waals surface area contributed by atoms with Crippen molar-refractivity contribution < 1.29 is 19.1 Å². The van der Waals surface area contributed by atoms with Crippen molar-refractivity contribution in [3.63, 3.8) is 0 Å². The number of nitrogens with two attached hydrogens (primary N) is 3. The molecule has 0 aromatic heterocycles. The molecule has 0 saturated heterocycles. The van der Waals surface area contributed by atoms with E-state index in [1.165, 1.54) is 4.90 Å². The molecule has 10 heteroatoms. The number of nitrogens with zero attached hydrogens (tertiary/aromatic N) is 1. The molecule has 202 valence electrons. The number of carbonyl (C=O) groups excluding carboxylic acids is 3. The summed E-state index contributed by atoms with van der Waals surface area (Å²) in [6, 6.07) is 14.7. The highest BCUT2D eigenvalue weighted by molar-refractivity contribution is 5.98. The molecule has 2 rings (SSSR count). The number of nitrogens with one attached hydrogen (secondary N) is 2. The average molecular weight is 513 g/mol. The topological polar surface area (TPSA) is 166 Å². The Kier molecular flexibility index (Phi) is 12.5. The normalized spacial score (nSPS) is 12.5. The van der Waals surface area contributed by atoms with Gasteiger partial charge in [-0.3, -0.25) is 14.4 Å². The number of hydrogen-bond acceptors (Lipinski definition) is 7. The smallest absolute Gasteiger partial charge is 0.246 e. The van der Waals surface area contributed by atoms with Gasteiger partial charge in [-0.25, -0.2) is 0 Å². The molecule has 3 amide bonds. The predicted molar refractivity (Wildman–Crippen MR) is 145 cm³/mol. The molecule has 0 aliphatic rings. The molecule has 10 nitrogen and oxygen atoms in total. The lowest BCUT2D eigenvalue weighted by Gasteiger charge is -2.24. The van der Waals surface area contributed by atoms with Gasteiger partial charge >= 0.3 is 0 Å². The van der Waals surface area contributed by atoms with E-state index >= 15 is 0 Å². The van der Waals surface area contributed by atoms with Crippen LogP contribution in [0.25, 0.3) is 0 Å². The Bertz CT molecular complexity index is 995. The van der Waals surface area contributed by atoms with E-state index in [4.69, 9.17) is 21.9 Å². The van der Waals surface area contributed by atoms with Crippen molar-refractivity contribution >= 4 is 23.4 Å². The van der Waals surface area contributed by atoms with Crippen molar-refractivity contribution in [1.29, 1.82) is 0 Å². The highest BCUT2D eigenvalue weighted by atomic mass is 16.5. The van der Waals surface area contributed by atoms with Gasteiger partial charge in [0.1, 0.15) is 11.8 Å². The molecule has 0 aliphatic heterocycles. The third-order valence-corrected chi connectivity index (χ3v) is 5.55. The molecule has 0 fully saturated rings. The van der Waals surface area contributed by atoms with Gasteiger partial charge in [-0.05, 0) is 44.4 Å². The zero-order chi connectivity index (χ0) is 27.2. The average Bonchev–Trinajstić information content (AvgIpc) is 2.86. The Morgan fingerprint density at radius 2 is 1.62 bits per heavy atom. The third-order valence-electron chi connectivity index (χ3n) is 5.55. The van der Waals surface area contributed by atoms with Crippen LogP contribution in [0.15, 0.2) is 54.6 Å². The Morgan fingerprint density at radius 3 is 2.24 bits per heavy atom. The molecule has 2 aromatic rings. The molecule has 0 aliphatic carbocycles. The van der Waals surface area contributed by atoms with Crippen LogP contribution < -0.4 is 32.6 Å². The van der Waals surface area contributed by atoms with Gasteiger partial charge in [-0.2, -0.15) is 0 Å². The van der Waals surface area contributed by atoms with Crippen molar-refractivity contribution in [2.24, 2.45) is 17.2 Å². The van der Waals surface area contributed by atoms with Crippen LogP contribution in [-0.4, -0.2) is 67.0 Å². The molecular weight excluding hydrogens is 472 g/mol. The van der Waals surface area contributed by atoms with E-state index in [0.29, 0.717) is 37.4 Å². The van der Waals surface area contributed by atoms with Gasteiger partial charge in [-0.1, -0.05) is 36.4 Å². The van der Waals surface area contributed by atoms with E-state index in [-0.39, 0.29) is 31.5 Å². The summed E-state index contributed by atoms with van der Waals surface area (Å²) < 4.78 is 5.70. The van der Waals surface area contributed by atoms with Crippen LogP contribution in [0.3, 0.4) is 0 Å². The van der Waals surface area contributed by atoms with Crippen LogP contribution in [0.1, 0.15) is 32.3 Å². The molecule has 0 heterocycles. The molecule has 8 N–H and O–H groups in total. The Labute approximate surface area is 218 Å². The van der Waals surface area contributed by atoms with E-state index in [2.05, 4.69) is 10.6 Å². The lowest BCUT2D eigenvalue weighted by Crippen LogP contribution is -2.52. The summed E-state index contributed by atoms with van der Waals surface area (Å²) in [6.07, 6.45) is 0.674. The molecule has 37 heavy (non-hydrogen) atoms. The largest absolute Gasteiger partial charge is 0.491 e. The number of amides is 3. The minimum atomic E-state index is -1.12. The maximum Gasteiger partial charge on any atom is 0.246 e. The molecule has 2 aromatic carbocycles. The SMILES string of the molecule is CC(C)Oc1cccc(NC(=O)[C@H](CCc2ccccc2)NC(=O)C(N)CC(=O)N(CCN)CCN)c1. The van der Waals surface area contributed by atoms with Gasteiger partial charge in [-0.15, -0.1) is 0 Å². The van der Waals surface area contributed by atoms with Crippen LogP contribution in [0.2, 0.25) is 0 Å². The third kappa shape index (κ3) is 10.6. The molecule has 0 radical (unpaired) electrons. The Balaban J connectivity index is 2.10. The monoisotopic (exact) mass is 512 g/mol. The van der Waals surface area contributed by atoms with Crippen molar-refractivity contribution in [3.8, 4) is 5.75 Å². The fourth-order valence-electron chi connectivity index (χ4n) is 3.73. The van der Waals surface area contributed by atoms with Gasteiger partial charge in [0, 0.05) is 37.9 Å². The molecular formula is C27H40N6O4. The fraction of sp³-hybridized carbons (Fsp3) is 0.444. The Morgan fingerprint density at radius 1 is 0.946 bits per heavy atom. The summed E-state index contributed by atoms with van der Waals surface area (Å²) in [4.78, 5) is 40.2. The van der Waals surface area contributed by atoms with Crippen molar-refractivity contribution in [2.75, 3.05) is 31.5 Å². The van der Waals surface area contributed by atoms with Gasteiger partial charge < -0.3 is 37.5 Å². The molecule has 0 saturated carbocycles. The summed E-state index contributed by atoms with van der Waals surface area (Å²) in [7, 11) is 0. The van der Waals surface area contributed by atoms with E-state index in [1.807, 2.05) is 44.2 Å². The maximum absolute atomic E-state index is 13.2. The molecule has 1 unspecified atom stereocenters. The highest BCUT2D eigenvalue weighted by Crippen LogP contribution is 2.19. The first-order chi connectivity index (χ1) is 17.7.